The Morgan fingerprint density at radius 2 is 2.25 bits per heavy atom. The Bertz CT molecular complexity index is 262. The summed E-state index contributed by atoms with van der Waals surface area (Å²) in [6.45, 7) is 0. The lowest BCUT2D eigenvalue weighted by atomic mass is 10.1. The number of Topliss-reactive ketones (excluding diaryl/α,β-unsaturated/α-hetero) is 1. The first-order valence-electron chi connectivity index (χ1n) is 3.77. The van der Waals surface area contributed by atoms with Crippen molar-refractivity contribution in [2.45, 2.75) is 6.42 Å². The second-order valence-electron chi connectivity index (χ2n) is 3.10. The van der Waals surface area contributed by atoms with E-state index in [9.17, 15) is 13.2 Å². The van der Waals surface area contributed by atoms with Gasteiger partial charge in [0.25, 0.3) is 0 Å². The molecule has 0 saturated carbocycles. The van der Waals surface area contributed by atoms with Gasteiger partial charge in [-0.05, 0) is 12.2 Å². The molecule has 0 N–H and O–H groups in total. The van der Waals surface area contributed by atoms with Crippen molar-refractivity contribution < 1.29 is 13.2 Å². The topological polar surface area (TPSA) is 51.2 Å². The Labute approximate surface area is 76.8 Å². The highest BCUT2D eigenvalue weighted by Crippen LogP contribution is 2.24. The summed E-state index contributed by atoms with van der Waals surface area (Å²) < 4.78 is 21.5. The molecule has 1 aliphatic heterocycles. The molecule has 12 heavy (non-hydrogen) atoms. The molecule has 1 unspecified atom stereocenters. The van der Waals surface area contributed by atoms with Gasteiger partial charge in [-0.25, -0.2) is 8.42 Å². The number of carbonyl (C=O) groups is 1. The van der Waals surface area contributed by atoms with Crippen molar-refractivity contribution in [1.82, 2.24) is 0 Å². The molecule has 1 saturated heterocycles. The summed E-state index contributed by atoms with van der Waals surface area (Å²) in [5.74, 6) is 1.39. The molecule has 0 amide bonds. The summed E-state index contributed by atoms with van der Waals surface area (Å²) in [6.07, 6.45) is 1.95. The van der Waals surface area contributed by atoms with Crippen molar-refractivity contribution >= 4 is 27.4 Å². The first-order chi connectivity index (χ1) is 5.49. The summed E-state index contributed by atoms with van der Waals surface area (Å²) in [5, 5.41) is 0. The van der Waals surface area contributed by atoms with Crippen LogP contribution in [-0.2, 0) is 14.6 Å². The molecule has 1 fully saturated rings. The largest absolute Gasteiger partial charge is 0.298 e. The first kappa shape index (κ1) is 10.1. The minimum absolute atomic E-state index is 0.00951. The van der Waals surface area contributed by atoms with E-state index in [-0.39, 0.29) is 17.5 Å². The summed E-state index contributed by atoms with van der Waals surface area (Å²) in [6, 6.07) is 0. The summed E-state index contributed by atoms with van der Waals surface area (Å²) in [4.78, 5) is 11.3. The molecule has 0 aromatic carbocycles. The monoisotopic (exact) mass is 208 g/mol. The van der Waals surface area contributed by atoms with Crippen molar-refractivity contribution in [2.24, 2.45) is 5.92 Å². The molecule has 1 atom stereocenters. The molecule has 0 radical (unpaired) electrons. The molecule has 0 aliphatic carbocycles. The Hall–Kier alpha value is -0.0300. The normalized spacial score (nSPS) is 24.2. The van der Waals surface area contributed by atoms with E-state index >= 15 is 0 Å². The van der Waals surface area contributed by atoms with E-state index in [0.29, 0.717) is 0 Å². The van der Waals surface area contributed by atoms with Gasteiger partial charge in [0.2, 0.25) is 0 Å². The highest BCUT2D eigenvalue weighted by atomic mass is 32.2. The third kappa shape index (κ3) is 3.15. The molecule has 0 spiro atoms. The van der Waals surface area contributed by atoms with E-state index in [1.54, 1.807) is 11.8 Å². The number of rotatable bonds is 3. The maximum atomic E-state index is 11.3. The molecule has 0 aromatic rings. The summed E-state index contributed by atoms with van der Waals surface area (Å²) in [7, 11) is -3.12. The van der Waals surface area contributed by atoms with Gasteiger partial charge in [0.05, 0.1) is 0 Å². The van der Waals surface area contributed by atoms with E-state index in [1.807, 2.05) is 0 Å². The first-order valence-corrected chi connectivity index (χ1v) is 6.99. The van der Waals surface area contributed by atoms with E-state index in [2.05, 4.69) is 0 Å². The molecule has 1 aliphatic rings. The molecule has 70 valence electrons. The molecule has 0 aromatic heterocycles. The molecule has 1 heterocycles. The van der Waals surface area contributed by atoms with Crippen LogP contribution in [0.5, 0.6) is 0 Å². The average molecular weight is 208 g/mol. The minimum atomic E-state index is -3.12. The predicted molar refractivity (Wildman–Crippen MR) is 50.1 cm³/mol. The van der Waals surface area contributed by atoms with Crippen LogP contribution in [0.25, 0.3) is 0 Å². The van der Waals surface area contributed by atoms with Crippen LogP contribution in [-0.4, -0.2) is 37.7 Å². The zero-order valence-electron chi connectivity index (χ0n) is 6.95. The number of hydrogen-bond donors (Lipinski definition) is 0. The molecular formula is C7H12O3S2. The highest BCUT2D eigenvalue weighted by Gasteiger charge is 2.25. The number of sulfone groups is 1. The Morgan fingerprint density at radius 1 is 1.58 bits per heavy atom. The second-order valence-corrected chi connectivity index (χ2v) is 6.39. The lowest BCUT2D eigenvalue weighted by Gasteiger charge is -2.04. The predicted octanol–water partition coefficient (Wildman–Crippen LogP) is 0.353. The smallest absolute Gasteiger partial charge is 0.154 e. The van der Waals surface area contributed by atoms with Crippen LogP contribution < -0.4 is 0 Å². The second kappa shape index (κ2) is 3.79. The van der Waals surface area contributed by atoms with Gasteiger partial charge in [0, 0.05) is 17.9 Å². The zero-order chi connectivity index (χ0) is 9.19. The maximum absolute atomic E-state index is 11.3. The SMILES string of the molecule is CS(=O)(=O)CC(=O)C1CCSC1. The molecule has 3 nitrogen and oxygen atoms in total. The van der Waals surface area contributed by atoms with Gasteiger partial charge in [0.15, 0.2) is 15.6 Å². The van der Waals surface area contributed by atoms with Gasteiger partial charge in [-0.2, -0.15) is 11.8 Å². The van der Waals surface area contributed by atoms with Gasteiger partial charge in [-0.3, -0.25) is 4.79 Å². The van der Waals surface area contributed by atoms with Crippen LogP contribution in [0.4, 0.5) is 0 Å². The third-order valence-electron chi connectivity index (χ3n) is 1.79. The van der Waals surface area contributed by atoms with Crippen LogP contribution in [0, 0.1) is 5.92 Å². The van der Waals surface area contributed by atoms with Crippen molar-refractivity contribution in [3.63, 3.8) is 0 Å². The molecular weight excluding hydrogens is 196 g/mol. The Balaban J connectivity index is 2.48. The van der Waals surface area contributed by atoms with Crippen molar-refractivity contribution in [2.75, 3.05) is 23.5 Å². The maximum Gasteiger partial charge on any atom is 0.154 e. The van der Waals surface area contributed by atoms with E-state index in [0.717, 1.165) is 24.2 Å². The third-order valence-corrected chi connectivity index (χ3v) is 3.76. The van der Waals surface area contributed by atoms with E-state index in [1.165, 1.54) is 0 Å². The van der Waals surface area contributed by atoms with Crippen molar-refractivity contribution in [1.29, 1.82) is 0 Å². The molecule has 1 rings (SSSR count). The number of thioether (sulfide) groups is 1. The van der Waals surface area contributed by atoms with Crippen LogP contribution in [0.2, 0.25) is 0 Å². The lowest BCUT2D eigenvalue weighted by Crippen LogP contribution is -2.22. The van der Waals surface area contributed by atoms with Gasteiger partial charge in [-0.1, -0.05) is 0 Å². The van der Waals surface area contributed by atoms with Crippen molar-refractivity contribution in [3.8, 4) is 0 Å². The molecule has 0 bridgehead atoms. The van der Waals surface area contributed by atoms with E-state index in [4.69, 9.17) is 0 Å². The lowest BCUT2D eigenvalue weighted by molar-refractivity contribution is -0.119. The van der Waals surface area contributed by atoms with Crippen LogP contribution in [0.1, 0.15) is 6.42 Å². The number of carbonyl (C=O) groups excluding carboxylic acids is 1. The minimum Gasteiger partial charge on any atom is -0.298 e. The number of hydrogen-bond acceptors (Lipinski definition) is 4. The fourth-order valence-corrected chi connectivity index (χ4v) is 3.17. The summed E-state index contributed by atoms with van der Waals surface area (Å²) in [5.41, 5.74) is 0. The van der Waals surface area contributed by atoms with Crippen LogP contribution >= 0.6 is 11.8 Å². The fraction of sp³-hybridized carbons (Fsp3) is 0.857. The van der Waals surface area contributed by atoms with Crippen molar-refractivity contribution in [3.05, 3.63) is 0 Å². The van der Waals surface area contributed by atoms with Gasteiger partial charge >= 0.3 is 0 Å². The molecule has 5 heteroatoms. The Morgan fingerprint density at radius 3 is 2.67 bits per heavy atom. The zero-order valence-corrected chi connectivity index (χ0v) is 8.58. The van der Waals surface area contributed by atoms with Gasteiger partial charge in [0.1, 0.15) is 5.75 Å². The highest BCUT2D eigenvalue weighted by molar-refractivity contribution is 7.99. The standard InChI is InChI=1S/C7H12O3S2/c1-12(9,10)5-7(8)6-2-3-11-4-6/h6H,2-5H2,1H3. The van der Waals surface area contributed by atoms with Gasteiger partial charge in [-0.15, -0.1) is 0 Å². The summed E-state index contributed by atoms with van der Waals surface area (Å²) >= 11 is 1.72. The number of ketones is 1. The average Bonchev–Trinajstić information content (AvgIpc) is 2.32. The van der Waals surface area contributed by atoms with Crippen LogP contribution in [0.3, 0.4) is 0 Å². The van der Waals surface area contributed by atoms with E-state index < -0.39 is 9.84 Å². The quantitative estimate of drug-likeness (QED) is 0.671. The van der Waals surface area contributed by atoms with Gasteiger partial charge < -0.3 is 0 Å². The van der Waals surface area contributed by atoms with Crippen LogP contribution in [0.15, 0.2) is 0 Å². The fourth-order valence-electron chi connectivity index (χ4n) is 1.16. The Kier molecular flexibility index (Phi) is 3.17.